The van der Waals surface area contributed by atoms with Gasteiger partial charge in [0.15, 0.2) is 0 Å². The van der Waals surface area contributed by atoms with Gasteiger partial charge in [-0.1, -0.05) is 0 Å². The Hall–Kier alpha value is -0.370. The van der Waals surface area contributed by atoms with E-state index in [0.29, 0.717) is 0 Å². The standard InChI is InChI=1S/C9H11BrN2S/c1-7(5-11)12(2)6-8-3-4-9(10)13-8/h3-4,7H,6H2,1-2H3. The Bertz CT molecular complexity index is 316. The second-order valence-corrected chi connectivity index (χ2v) is 5.47. The van der Waals surface area contributed by atoms with Crippen LogP contribution in [0.25, 0.3) is 0 Å². The first-order valence-corrected chi connectivity index (χ1v) is 5.58. The van der Waals surface area contributed by atoms with E-state index in [1.807, 2.05) is 24.9 Å². The van der Waals surface area contributed by atoms with Gasteiger partial charge in [-0.25, -0.2) is 0 Å². The maximum absolute atomic E-state index is 8.69. The van der Waals surface area contributed by atoms with Crippen LogP contribution in [0.2, 0.25) is 0 Å². The first kappa shape index (κ1) is 10.7. The highest BCUT2D eigenvalue weighted by molar-refractivity contribution is 9.11. The van der Waals surface area contributed by atoms with Gasteiger partial charge in [0.25, 0.3) is 0 Å². The van der Waals surface area contributed by atoms with Crippen molar-refractivity contribution in [1.29, 1.82) is 5.26 Å². The molecule has 1 heterocycles. The number of thiophene rings is 1. The average Bonchev–Trinajstić information content (AvgIpc) is 2.49. The maximum Gasteiger partial charge on any atom is 0.0950 e. The van der Waals surface area contributed by atoms with Crippen molar-refractivity contribution in [2.75, 3.05) is 7.05 Å². The van der Waals surface area contributed by atoms with Gasteiger partial charge in [0.05, 0.1) is 15.9 Å². The van der Waals surface area contributed by atoms with Crippen LogP contribution in [0.15, 0.2) is 15.9 Å². The molecule has 13 heavy (non-hydrogen) atoms. The molecule has 0 N–H and O–H groups in total. The summed E-state index contributed by atoms with van der Waals surface area (Å²) in [7, 11) is 1.96. The molecule has 1 aromatic rings. The minimum atomic E-state index is -0.0270. The molecule has 0 amide bonds. The van der Waals surface area contributed by atoms with Gasteiger partial charge in [-0.15, -0.1) is 11.3 Å². The van der Waals surface area contributed by atoms with Crippen molar-refractivity contribution in [3.8, 4) is 6.07 Å². The summed E-state index contributed by atoms with van der Waals surface area (Å²) < 4.78 is 1.14. The van der Waals surface area contributed by atoms with Gasteiger partial charge in [-0.3, -0.25) is 4.90 Å². The van der Waals surface area contributed by atoms with Crippen LogP contribution in [0.5, 0.6) is 0 Å². The molecule has 0 bridgehead atoms. The Morgan fingerprint density at radius 3 is 2.85 bits per heavy atom. The third-order valence-corrected chi connectivity index (χ3v) is 3.49. The van der Waals surface area contributed by atoms with Gasteiger partial charge in [0.1, 0.15) is 0 Å². The molecule has 1 unspecified atom stereocenters. The number of halogens is 1. The van der Waals surface area contributed by atoms with Crippen LogP contribution >= 0.6 is 27.3 Å². The quantitative estimate of drug-likeness (QED) is 0.834. The monoisotopic (exact) mass is 258 g/mol. The van der Waals surface area contributed by atoms with Gasteiger partial charge in [0.2, 0.25) is 0 Å². The van der Waals surface area contributed by atoms with E-state index >= 15 is 0 Å². The molecule has 1 rings (SSSR count). The molecule has 2 nitrogen and oxygen atoms in total. The highest BCUT2D eigenvalue weighted by Gasteiger charge is 2.08. The Balaban J connectivity index is 2.55. The summed E-state index contributed by atoms with van der Waals surface area (Å²) in [4.78, 5) is 3.30. The SMILES string of the molecule is CC(C#N)N(C)Cc1ccc(Br)s1. The number of hydrogen-bond donors (Lipinski definition) is 0. The normalized spacial score (nSPS) is 12.8. The molecule has 0 spiro atoms. The summed E-state index contributed by atoms with van der Waals surface area (Å²) in [6, 6.07) is 6.29. The van der Waals surface area contributed by atoms with Gasteiger partial charge < -0.3 is 0 Å². The third kappa shape index (κ3) is 3.11. The summed E-state index contributed by atoms with van der Waals surface area (Å²) in [5.41, 5.74) is 0. The largest absolute Gasteiger partial charge is 0.286 e. The predicted molar refractivity (Wildman–Crippen MR) is 58.6 cm³/mol. The van der Waals surface area contributed by atoms with E-state index in [-0.39, 0.29) is 6.04 Å². The molecule has 4 heteroatoms. The molecule has 0 saturated carbocycles. The lowest BCUT2D eigenvalue weighted by molar-refractivity contribution is 0.297. The van der Waals surface area contributed by atoms with E-state index in [9.17, 15) is 0 Å². The number of nitriles is 1. The number of hydrogen-bond acceptors (Lipinski definition) is 3. The second-order valence-electron chi connectivity index (χ2n) is 2.93. The molecule has 0 saturated heterocycles. The Kier molecular flexibility index (Phi) is 3.91. The summed E-state index contributed by atoms with van der Waals surface area (Å²) in [6.07, 6.45) is 0. The van der Waals surface area contributed by atoms with Crippen molar-refractivity contribution in [3.05, 3.63) is 20.8 Å². The number of rotatable bonds is 3. The van der Waals surface area contributed by atoms with Crippen LogP contribution in [0, 0.1) is 11.3 Å². The zero-order valence-corrected chi connectivity index (χ0v) is 10.0. The van der Waals surface area contributed by atoms with E-state index in [2.05, 4.69) is 28.1 Å². The van der Waals surface area contributed by atoms with Crippen LogP contribution in [0.4, 0.5) is 0 Å². The molecule has 70 valence electrons. The Morgan fingerprint density at radius 1 is 1.69 bits per heavy atom. The van der Waals surface area contributed by atoms with Crippen LogP contribution < -0.4 is 0 Å². The molecule has 0 aliphatic carbocycles. The van der Waals surface area contributed by atoms with Crippen molar-refractivity contribution in [3.63, 3.8) is 0 Å². The van der Waals surface area contributed by atoms with Gasteiger partial charge in [-0.2, -0.15) is 5.26 Å². The molecule has 1 aromatic heterocycles. The number of nitrogens with zero attached hydrogens (tertiary/aromatic N) is 2. The molecular weight excluding hydrogens is 248 g/mol. The van der Waals surface area contributed by atoms with E-state index in [1.54, 1.807) is 11.3 Å². The topological polar surface area (TPSA) is 27.0 Å². The summed E-state index contributed by atoms with van der Waals surface area (Å²) >= 11 is 5.12. The second kappa shape index (κ2) is 4.75. The fourth-order valence-corrected chi connectivity index (χ4v) is 2.46. The van der Waals surface area contributed by atoms with Gasteiger partial charge in [0, 0.05) is 11.4 Å². The molecule has 0 fully saturated rings. The summed E-state index contributed by atoms with van der Waals surface area (Å²) in [5, 5.41) is 8.69. The highest BCUT2D eigenvalue weighted by atomic mass is 79.9. The molecule has 0 aliphatic heterocycles. The fourth-order valence-electron chi connectivity index (χ4n) is 0.918. The van der Waals surface area contributed by atoms with E-state index in [1.165, 1.54) is 4.88 Å². The van der Waals surface area contributed by atoms with Crippen molar-refractivity contribution in [2.24, 2.45) is 0 Å². The van der Waals surface area contributed by atoms with Crippen LogP contribution in [0.1, 0.15) is 11.8 Å². The van der Waals surface area contributed by atoms with Crippen LogP contribution in [-0.4, -0.2) is 18.0 Å². The Labute approximate surface area is 90.9 Å². The van der Waals surface area contributed by atoms with Crippen molar-refractivity contribution in [2.45, 2.75) is 19.5 Å². The summed E-state index contributed by atoms with van der Waals surface area (Å²) in [5.74, 6) is 0. The lowest BCUT2D eigenvalue weighted by atomic mass is 10.3. The Morgan fingerprint density at radius 2 is 2.38 bits per heavy atom. The highest BCUT2D eigenvalue weighted by Crippen LogP contribution is 2.23. The minimum absolute atomic E-state index is 0.0270. The third-order valence-electron chi connectivity index (χ3n) is 1.88. The van der Waals surface area contributed by atoms with Crippen molar-refractivity contribution >= 4 is 27.3 Å². The van der Waals surface area contributed by atoms with Crippen LogP contribution in [0.3, 0.4) is 0 Å². The lowest BCUT2D eigenvalue weighted by Crippen LogP contribution is -2.26. The van der Waals surface area contributed by atoms with Crippen molar-refractivity contribution < 1.29 is 0 Å². The smallest absolute Gasteiger partial charge is 0.0950 e. The predicted octanol–water partition coefficient (Wildman–Crippen LogP) is 2.85. The lowest BCUT2D eigenvalue weighted by Gasteiger charge is -2.17. The van der Waals surface area contributed by atoms with E-state index in [0.717, 1.165) is 10.3 Å². The van der Waals surface area contributed by atoms with Crippen molar-refractivity contribution in [1.82, 2.24) is 4.90 Å². The van der Waals surface area contributed by atoms with E-state index < -0.39 is 0 Å². The van der Waals surface area contributed by atoms with Crippen LogP contribution in [-0.2, 0) is 6.54 Å². The maximum atomic E-state index is 8.69. The van der Waals surface area contributed by atoms with Gasteiger partial charge >= 0.3 is 0 Å². The summed E-state index contributed by atoms with van der Waals surface area (Å²) in [6.45, 7) is 2.74. The molecule has 0 aromatic carbocycles. The average molecular weight is 259 g/mol. The van der Waals surface area contributed by atoms with Gasteiger partial charge in [-0.05, 0) is 42.0 Å². The first-order chi connectivity index (χ1) is 6.13. The molecule has 0 radical (unpaired) electrons. The van der Waals surface area contributed by atoms with E-state index in [4.69, 9.17) is 5.26 Å². The molecule has 1 atom stereocenters. The molecule has 0 aliphatic rings. The zero-order chi connectivity index (χ0) is 9.84. The minimum Gasteiger partial charge on any atom is -0.286 e. The fraction of sp³-hybridized carbons (Fsp3) is 0.444. The first-order valence-electron chi connectivity index (χ1n) is 3.97. The molecular formula is C9H11BrN2S. The zero-order valence-electron chi connectivity index (χ0n) is 7.62.